The molecule has 1 aromatic heterocycles. The zero-order valence-corrected chi connectivity index (χ0v) is 7.87. The molecule has 0 amide bonds. The van der Waals surface area contributed by atoms with Crippen LogP contribution in [0.2, 0.25) is 0 Å². The highest BCUT2D eigenvalue weighted by molar-refractivity contribution is 9.09. The Hall–Kier alpha value is -1.08. The van der Waals surface area contributed by atoms with E-state index in [1.54, 1.807) is 0 Å². The molecule has 0 aliphatic carbocycles. The van der Waals surface area contributed by atoms with Crippen molar-refractivity contribution in [3.63, 3.8) is 0 Å². The van der Waals surface area contributed by atoms with Crippen molar-refractivity contribution in [2.45, 2.75) is 6.54 Å². The molecule has 0 unspecified atom stereocenters. The molecule has 0 atom stereocenters. The summed E-state index contributed by atoms with van der Waals surface area (Å²) in [5.41, 5.74) is 0. The molecule has 0 aliphatic rings. The molecule has 3 nitrogen and oxygen atoms in total. The Kier molecular flexibility index (Phi) is 3.06. The molecule has 1 rings (SSSR count). The molecule has 1 aromatic rings. The minimum Gasteiger partial charge on any atom is -0.494 e. The lowest BCUT2D eigenvalue weighted by Gasteiger charge is -1.99. The molecule has 2 N–H and O–H groups in total. The summed E-state index contributed by atoms with van der Waals surface area (Å²) in [6, 6.07) is 2.84. The molecule has 0 spiro atoms. The van der Waals surface area contributed by atoms with E-state index in [1.165, 1.54) is 16.7 Å². The van der Waals surface area contributed by atoms with Gasteiger partial charge in [-0.2, -0.15) is 0 Å². The topological polar surface area (TPSA) is 45.4 Å². The van der Waals surface area contributed by atoms with Crippen LogP contribution in [0.25, 0.3) is 0 Å². The van der Waals surface area contributed by atoms with Crippen LogP contribution in [0.5, 0.6) is 11.8 Å². The number of aromatic hydroxyl groups is 2. The quantitative estimate of drug-likeness (QED) is 0.564. The first-order valence-electron chi connectivity index (χ1n) is 3.35. The van der Waals surface area contributed by atoms with Gasteiger partial charge in [0.15, 0.2) is 11.8 Å². The molecule has 0 aromatic carbocycles. The van der Waals surface area contributed by atoms with E-state index in [0.717, 1.165) is 0 Å². The van der Waals surface area contributed by atoms with Crippen LogP contribution in [0, 0.1) is 11.8 Å². The van der Waals surface area contributed by atoms with E-state index in [1.807, 2.05) is 0 Å². The first-order valence-corrected chi connectivity index (χ1v) is 4.47. The number of nitrogens with zero attached hydrogens (tertiary/aromatic N) is 1. The minimum absolute atomic E-state index is 0.0244. The third-order valence-corrected chi connectivity index (χ3v) is 1.64. The van der Waals surface area contributed by atoms with Gasteiger partial charge in [-0.05, 0) is 0 Å². The maximum atomic E-state index is 9.15. The average molecular weight is 230 g/mol. The van der Waals surface area contributed by atoms with Gasteiger partial charge in [-0.25, -0.2) is 0 Å². The highest BCUT2D eigenvalue weighted by Gasteiger charge is 2.02. The second kappa shape index (κ2) is 4.07. The van der Waals surface area contributed by atoms with Gasteiger partial charge in [0.2, 0.25) is 0 Å². The number of rotatable bonds is 1. The van der Waals surface area contributed by atoms with Gasteiger partial charge in [0.25, 0.3) is 0 Å². The number of alkyl halides is 1. The Balaban J connectivity index is 2.74. The Bertz CT molecular complexity index is 302. The fourth-order valence-corrected chi connectivity index (χ4v) is 0.989. The molecule has 0 saturated carbocycles. The van der Waals surface area contributed by atoms with Gasteiger partial charge in [0, 0.05) is 12.1 Å². The smallest absolute Gasteiger partial charge is 0.194 e. The second-order valence-corrected chi connectivity index (χ2v) is 2.68. The summed E-state index contributed by atoms with van der Waals surface area (Å²) < 4.78 is 1.32. The van der Waals surface area contributed by atoms with E-state index in [-0.39, 0.29) is 11.8 Å². The lowest BCUT2D eigenvalue weighted by molar-refractivity contribution is 0.380. The minimum atomic E-state index is 0.0244. The molecule has 64 valence electrons. The number of aromatic nitrogens is 1. The maximum Gasteiger partial charge on any atom is 0.194 e. The predicted molar refractivity (Wildman–Crippen MR) is 49.3 cm³/mol. The van der Waals surface area contributed by atoms with Crippen LogP contribution in [0.1, 0.15) is 0 Å². The molecule has 0 fully saturated rings. The van der Waals surface area contributed by atoms with Gasteiger partial charge in [-0.15, -0.1) is 0 Å². The molecule has 0 bridgehead atoms. The standard InChI is InChI=1S/C8H8BrNO2/c9-5-1-2-6-10-7(11)3-4-8(10)12/h3-4,11-12H,5-6H2. The Morgan fingerprint density at radius 3 is 2.33 bits per heavy atom. The van der Waals surface area contributed by atoms with Crippen molar-refractivity contribution in [2.75, 3.05) is 5.33 Å². The van der Waals surface area contributed by atoms with Crippen molar-refractivity contribution < 1.29 is 10.2 Å². The van der Waals surface area contributed by atoms with Crippen molar-refractivity contribution in [3.05, 3.63) is 12.1 Å². The summed E-state index contributed by atoms with van der Waals surface area (Å²) in [5.74, 6) is 5.58. The monoisotopic (exact) mass is 229 g/mol. The Labute approximate surface area is 78.8 Å². The van der Waals surface area contributed by atoms with Crippen LogP contribution in [0.3, 0.4) is 0 Å². The fourth-order valence-electron chi connectivity index (χ4n) is 0.791. The molecule has 4 heteroatoms. The predicted octanol–water partition coefficient (Wildman–Crippen LogP) is 1.30. The third-order valence-electron chi connectivity index (χ3n) is 1.36. The van der Waals surface area contributed by atoms with Crippen molar-refractivity contribution >= 4 is 15.9 Å². The van der Waals surface area contributed by atoms with E-state index in [0.29, 0.717) is 11.9 Å². The van der Waals surface area contributed by atoms with Crippen molar-refractivity contribution in [3.8, 4) is 23.6 Å². The van der Waals surface area contributed by atoms with E-state index >= 15 is 0 Å². The summed E-state index contributed by atoms with van der Waals surface area (Å²) in [6.07, 6.45) is 0. The maximum absolute atomic E-state index is 9.15. The third kappa shape index (κ3) is 1.95. The van der Waals surface area contributed by atoms with Crippen LogP contribution in [0.4, 0.5) is 0 Å². The average Bonchev–Trinajstić information content (AvgIpc) is 2.35. The van der Waals surface area contributed by atoms with Crippen molar-refractivity contribution in [1.29, 1.82) is 0 Å². The van der Waals surface area contributed by atoms with Crippen LogP contribution < -0.4 is 0 Å². The number of halogens is 1. The molecular formula is C8H8BrNO2. The molecule has 0 saturated heterocycles. The first kappa shape index (κ1) is 9.01. The van der Waals surface area contributed by atoms with Crippen molar-refractivity contribution in [1.82, 2.24) is 4.57 Å². The second-order valence-electron chi connectivity index (χ2n) is 2.12. The number of hydrogen-bond acceptors (Lipinski definition) is 2. The van der Waals surface area contributed by atoms with Crippen LogP contribution in [-0.4, -0.2) is 20.1 Å². The molecular weight excluding hydrogens is 222 g/mol. The van der Waals surface area contributed by atoms with E-state index in [2.05, 4.69) is 27.8 Å². The normalized spacial score (nSPS) is 9.08. The summed E-state index contributed by atoms with van der Waals surface area (Å²) in [5, 5.41) is 18.9. The van der Waals surface area contributed by atoms with Crippen LogP contribution >= 0.6 is 15.9 Å². The summed E-state index contributed by atoms with van der Waals surface area (Å²) in [7, 11) is 0. The van der Waals surface area contributed by atoms with Gasteiger partial charge in [-0.1, -0.05) is 27.8 Å². The molecule has 0 aliphatic heterocycles. The van der Waals surface area contributed by atoms with E-state index < -0.39 is 0 Å². The summed E-state index contributed by atoms with van der Waals surface area (Å²) in [4.78, 5) is 0. The van der Waals surface area contributed by atoms with Gasteiger partial charge >= 0.3 is 0 Å². The Morgan fingerprint density at radius 2 is 1.83 bits per heavy atom. The first-order chi connectivity index (χ1) is 5.75. The zero-order valence-electron chi connectivity index (χ0n) is 6.29. The van der Waals surface area contributed by atoms with Crippen molar-refractivity contribution in [2.24, 2.45) is 0 Å². The van der Waals surface area contributed by atoms with Gasteiger partial charge in [0.1, 0.15) is 0 Å². The highest BCUT2D eigenvalue weighted by atomic mass is 79.9. The Morgan fingerprint density at radius 1 is 1.25 bits per heavy atom. The van der Waals surface area contributed by atoms with E-state index in [9.17, 15) is 0 Å². The highest BCUT2D eigenvalue weighted by Crippen LogP contribution is 2.19. The van der Waals surface area contributed by atoms with E-state index in [4.69, 9.17) is 10.2 Å². The van der Waals surface area contributed by atoms with Crippen LogP contribution in [0.15, 0.2) is 12.1 Å². The zero-order chi connectivity index (χ0) is 8.97. The summed E-state index contributed by atoms with van der Waals surface area (Å²) in [6.45, 7) is 0.302. The largest absolute Gasteiger partial charge is 0.494 e. The lowest BCUT2D eigenvalue weighted by Crippen LogP contribution is -1.93. The van der Waals surface area contributed by atoms with Crippen LogP contribution in [-0.2, 0) is 6.54 Å². The lowest BCUT2D eigenvalue weighted by atomic mass is 10.6. The van der Waals surface area contributed by atoms with Gasteiger partial charge < -0.3 is 10.2 Å². The van der Waals surface area contributed by atoms with Gasteiger partial charge in [-0.3, -0.25) is 4.57 Å². The SMILES string of the molecule is Oc1ccc(O)n1CC#CCBr. The molecule has 12 heavy (non-hydrogen) atoms. The fraction of sp³-hybridized carbons (Fsp3) is 0.250. The molecule has 1 heterocycles. The number of hydrogen-bond donors (Lipinski definition) is 2. The molecule has 0 radical (unpaired) electrons. The van der Waals surface area contributed by atoms with Gasteiger partial charge in [0.05, 0.1) is 11.9 Å². The summed E-state index contributed by atoms with van der Waals surface area (Å²) >= 11 is 3.14.